The van der Waals surface area contributed by atoms with Crippen molar-refractivity contribution >= 4 is 24.7 Å². The molecule has 0 amide bonds. The Balaban J connectivity index is 2.38. The van der Waals surface area contributed by atoms with Gasteiger partial charge in [0.25, 0.3) is 0 Å². The van der Waals surface area contributed by atoms with E-state index in [2.05, 4.69) is 25.2 Å². The molecule has 2 aromatic rings. The summed E-state index contributed by atoms with van der Waals surface area (Å²) in [5.41, 5.74) is -0.489. The van der Waals surface area contributed by atoms with Gasteiger partial charge in [-0.05, 0) is 32.9 Å². The molecular weight excluding hydrogens is 278 g/mol. The second-order valence-electron chi connectivity index (χ2n) is 6.73. The molecule has 0 spiro atoms. The van der Waals surface area contributed by atoms with Crippen LogP contribution in [-0.4, -0.2) is 24.3 Å². The molecule has 0 bridgehead atoms. The highest BCUT2D eigenvalue weighted by atomic mass is 28.3. The van der Waals surface area contributed by atoms with Crippen LogP contribution in [0.1, 0.15) is 20.8 Å². The van der Waals surface area contributed by atoms with Gasteiger partial charge in [-0.1, -0.05) is 48.6 Å². The average molecular weight is 301 g/mol. The number of aromatic nitrogens is 1. The number of ether oxygens (including phenoxy) is 1. The summed E-state index contributed by atoms with van der Waals surface area (Å²) in [6.07, 6.45) is 1.49. The van der Waals surface area contributed by atoms with Gasteiger partial charge >= 0.3 is 6.09 Å². The predicted molar refractivity (Wildman–Crippen MR) is 89.3 cm³/mol. The van der Waals surface area contributed by atoms with Crippen LogP contribution in [0.15, 0.2) is 48.7 Å². The summed E-state index contributed by atoms with van der Waals surface area (Å²) in [5, 5.41) is 2.36. The molecule has 0 aliphatic rings. The van der Waals surface area contributed by atoms with Gasteiger partial charge in [-0.15, -0.1) is 0 Å². The molecule has 2 rings (SSSR count). The molecule has 0 radical (unpaired) electrons. The minimum atomic E-state index is -1.92. The van der Waals surface area contributed by atoms with Crippen molar-refractivity contribution in [3.63, 3.8) is 0 Å². The van der Waals surface area contributed by atoms with E-state index in [0.29, 0.717) is 0 Å². The number of benzene rings is 1. The van der Waals surface area contributed by atoms with E-state index in [9.17, 15) is 4.79 Å². The van der Waals surface area contributed by atoms with Crippen LogP contribution in [-0.2, 0) is 4.74 Å². The number of nitrogens with zero attached hydrogens (tertiary/aromatic N) is 1. The van der Waals surface area contributed by atoms with E-state index < -0.39 is 13.7 Å². The lowest BCUT2D eigenvalue weighted by Gasteiger charge is -2.26. The number of hydrogen-bond donors (Lipinski definition) is 0. The first kappa shape index (κ1) is 15.6. The van der Waals surface area contributed by atoms with Gasteiger partial charge in [-0.25, -0.2) is 4.79 Å². The number of hydrogen-bond acceptors (Lipinski definition) is 2. The molecular formula is C17H23NO2Si. The van der Waals surface area contributed by atoms with Gasteiger partial charge in [0.05, 0.1) is 0 Å². The molecule has 1 aromatic carbocycles. The molecule has 112 valence electrons. The molecule has 0 aliphatic heterocycles. The standard InChI is InChI=1S/C17H23NO2Si/c1-17(2,3)20-16(19)18-13-9-12-15(18)21(4,5)14-10-7-6-8-11-14/h6-13H,1-5H3. The Morgan fingerprint density at radius 3 is 2.24 bits per heavy atom. The van der Waals surface area contributed by atoms with E-state index in [4.69, 9.17) is 4.74 Å². The highest BCUT2D eigenvalue weighted by molar-refractivity contribution is 7.00. The molecule has 1 heterocycles. The van der Waals surface area contributed by atoms with E-state index >= 15 is 0 Å². The number of carbonyl (C=O) groups excluding carboxylic acids is 1. The average Bonchev–Trinajstić information content (AvgIpc) is 2.88. The van der Waals surface area contributed by atoms with Gasteiger partial charge in [0.2, 0.25) is 0 Å². The summed E-state index contributed by atoms with van der Waals surface area (Å²) in [6, 6.07) is 14.3. The van der Waals surface area contributed by atoms with Crippen LogP contribution in [0.25, 0.3) is 0 Å². The van der Waals surface area contributed by atoms with Crippen molar-refractivity contribution in [1.29, 1.82) is 0 Å². The maximum absolute atomic E-state index is 12.4. The van der Waals surface area contributed by atoms with Crippen molar-refractivity contribution in [1.82, 2.24) is 4.57 Å². The van der Waals surface area contributed by atoms with Gasteiger partial charge in [0, 0.05) is 11.5 Å². The summed E-state index contributed by atoms with van der Waals surface area (Å²) >= 11 is 0. The first-order chi connectivity index (χ1) is 9.72. The largest absolute Gasteiger partial charge is 0.443 e. The highest BCUT2D eigenvalue weighted by Crippen LogP contribution is 2.11. The lowest BCUT2D eigenvalue weighted by Crippen LogP contribution is -2.56. The SMILES string of the molecule is CC(C)(C)OC(=O)n1cccc1[Si](C)(C)c1ccccc1. The summed E-state index contributed by atoms with van der Waals surface area (Å²) in [5.74, 6) is 0. The lowest BCUT2D eigenvalue weighted by molar-refractivity contribution is 0.0542. The zero-order valence-corrected chi connectivity index (χ0v) is 14.4. The van der Waals surface area contributed by atoms with E-state index in [1.165, 1.54) is 5.19 Å². The Kier molecular flexibility index (Phi) is 4.10. The zero-order chi connectivity index (χ0) is 15.7. The lowest BCUT2D eigenvalue weighted by atomic mass is 10.2. The molecule has 1 aromatic heterocycles. The molecule has 3 nitrogen and oxygen atoms in total. The first-order valence-corrected chi connectivity index (χ1v) is 10.2. The van der Waals surface area contributed by atoms with Crippen LogP contribution < -0.4 is 10.5 Å². The molecule has 0 saturated heterocycles. The molecule has 0 atom stereocenters. The van der Waals surface area contributed by atoms with Crippen molar-refractivity contribution in [2.24, 2.45) is 0 Å². The summed E-state index contributed by atoms with van der Waals surface area (Å²) in [7, 11) is -1.92. The maximum Gasteiger partial charge on any atom is 0.418 e. The third kappa shape index (κ3) is 3.45. The summed E-state index contributed by atoms with van der Waals surface area (Å²) in [6.45, 7) is 10.1. The van der Waals surface area contributed by atoms with E-state index in [1.54, 1.807) is 10.8 Å². The second kappa shape index (κ2) is 5.52. The summed E-state index contributed by atoms with van der Waals surface area (Å²) in [4.78, 5) is 12.4. The van der Waals surface area contributed by atoms with Crippen LogP contribution in [0.5, 0.6) is 0 Å². The van der Waals surface area contributed by atoms with Crippen LogP contribution in [0.2, 0.25) is 13.1 Å². The first-order valence-electron chi connectivity index (χ1n) is 7.18. The molecule has 0 N–H and O–H groups in total. The minimum absolute atomic E-state index is 0.306. The second-order valence-corrected chi connectivity index (χ2v) is 11.1. The van der Waals surface area contributed by atoms with Crippen molar-refractivity contribution in [2.75, 3.05) is 0 Å². The van der Waals surface area contributed by atoms with E-state index in [-0.39, 0.29) is 6.09 Å². The molecule has 4 heteroatoms. The Labute approximate surface area is 127 Å². The fourth-order valence-corrected chi connectivity index (χ4v) is 4.97. The molecule has 21 heavy (non-hydrogen) atoms. The Hall–Kier alpha value is -1.81. The smallest absolute Gasteiger partial charge is 0.418 e. The van der Waals surface area contributed by atoms with Gasteiger partial charge < -0.3 is 4.74 Å². The van der Waals surface area contributed by atoms with Crippen molar-refractivity contribution in [3.8, 4) is 0 Å². The molecule has 0 saturated carbocycles. The Morgan fingerprint density at radius 1 is 1.05 bits per heavy atom. The minimum Gasteiger partial charge on any atom is -0.443 e. The Morgan fingerprint density at radius 2 is 1.67 bits per heavy atom. The van der Waals surface area contributed by atoms with E-state index in [0.717, 1.165) is 5.32 Å². The van der Waals surface area contributed by atoms with Crippen LogP contribution in [0.4, 0.5) is 4.79 Å². The molecule has 0 unspecified atom stereocenters. The van der Waals surface area contributed by atoms with Gasteiger partial charge in [-0.3, -0.25) is 4.57 Å². The normalized spacial score (nSPS) is 12.2. The van der Waals surface area contributed by atoms with Gasteiger partial charge in [0.1, 0.15) is 13.7 Å². The van der Waals surface area contributed by atoms with Crippen LogP contribution in [0.3, 0.4) is 0 Å². The van der Waals surface area contributed by atoms with Crippen molar-refractivity contribution in [3.05, 3.63) is 48.7 Å². The third-order valence-electron chi connectivity index (χ3n) is 3.47. The van der Waals surface area contributed by atoms with Crippen LogP contribution >= 0.6 is 0 Å². The van der Waals surface area contributed by atoms with Gasteiger partial charge in [-0.2, -0.15) is 0 Å². The van der Waals surface area contributed by atoms with Crippen LogP contribution in [0, 0.1) is 0 Å². The Bertz CT molecular complexity index is 624. The van der Waals surface area contributed by atoms with Crippen molar-refractivity contribution < 1.29 is 9.53 Å². The quantitative estimate of drug-likeness (QED) is 0.798. The van der Waals surface area contributed by atoms with Gasteiger partial charge in [0.15, 0.2) is 0 Å². The monoisotopic (exact) mass is 301 g/mol. The predicted octanol–water partition coefficient (Wildman–Crippen LogP) is 3.09. The molecule has 0 aliphatic carbocycles. The van der Waals surface area contributed by atoms with Crippen molar-refractivity contribution in [2.45, 2.75) is 39.5 Å². The number of rotatable bonds is 2. The maximum atomic E-state index is 12.4. The topological polar surface area (TPSA) is 31.2 Å². The highest BCUT2D eigenvalue weighted by Gasteiger charge is 2.31. The summed E-state index contributed by atoms with van der Waals surface area (Å²) < 4.78 is 7.16. The third-order valence-corrected chi connectivity index (χ3v) is 6.94. The molecule has 0 fully saturated rings. The fourth-order valence-electron chi connectivity index (χ4n) is 2.36. The zero-order valence-electron chi connectivity index (χ0n) is 13.4. The fraction of sp³-hybridized carbons (Fsp3) is 0.353. The van der Waals surface area contributed by atoms with E-state index in [1.807, 2.05) is 51.1 Å². The number of carbonyl (C=O) groups is 1.